The Morgan fingerprint density at radius 3 is 2.43 bits per heavy atom. The number of ether oxygens (including phenoxy) is 4. The number of benzene rings is 2. The smallest absolute Gasteiger partial charge is 0.331 e. The summed E-state index contributed by atoms with van der Waals surface area (Å²) < 4.78 is 20.7. The molecule has 158 valence electrons. The van der Waals surface area contributed by atoms with Gasteiger partial charge in [-0.3, -0.25) is 4.79 Å². The zero-order valence-corrected chi connectivity index (χ0v) is 17.1. The van der Waals surface area contributed by atoms with Crippen LogP contribution in [0, 0.1) is 0 Å². The van der Waals surface area contributed by atoms with Gasteiger partial charge < -0.3 is 24.3 Å². The summed E-state index contributed by atoms with van der Waals surface area (Å²) in [5.74, 6) is 0.868. The Morgan fingerprint density at radius 2 is 1.77 bits per heavy atom. The maximum atomic E-state index is 11.9. The van der Waals surface area contributed by atoms with E-state index in [4.69, 9.17) is 18.9 Å². The average molecular weight is 411 g/mol. The third kappa shape index (κ3) is 7.35. The molecule has 0 atom stereocenters. The lowest BCUT2D eigenvalue weighted by Crippen LogP contribution is -2.28. The number of hydrogen-bond donors (Lipinski definition) is 1. The molecule has 30 heavy (non-hydrogen) atoms. The fourth-order valence-corrected chi connectivity index (χ4v) is 2.42. The zero-order chi connectivity index (χ0) is 21.8. The van der Waals surface area contributed by atoms with Crippen molar-refractivity contribution < 1.29 is 28.5 Å². The van der Waals surface area contributed by atoms with Crippen molar-refractivity contribution in [3.8, 4) is 17.2 Å². The molecule has 0 fully saturated rings. The van der Waals surface area contributed by atoms with Crippen LogP contribution in [-0.2, 0) is 20.9 Å². The number of esters is 1. The second-order valence-electron chi connectivity index (χ2n) is 6.08. The van der Waals surface area contributed by atoms with Gasteiger partial charge in [-0.25, -0.2) is 4.79 Å². The lowest BCUT2D eigenvalue weighted by atomic mass is 10.2. The molecule has 0 radical (unpaired) electrons. The first-order valence-electron chi connectivity index (χ1n) is 9.22. The predicted octanol–water partition coefficient (Wildman–Crippen LogP) is 3.14. The van der Waals surface area contributed by atoms with E-state index in [0.717, 1.165) is 11.1 Å². The molecule has 1 N–H and O–H groups in total. The SMILES string of the molecule is C=CCOc1ccc(/C=C/C(=O)OCC(=O)NCc2ccc(OC)c(OC)c2)cc1. The van der Waals surface area contributed by atoms with Crippen LogP contribution in [0.25, 0.3) is 6.08 Å². The predicted molar refractivity (Wildman–Crippen MR) is 114 cm³/mol. The van der Waals surface area contributed by atoms with Crippen LogP contribution in [-0.4, -0.2) is 39.3 Å². The van der Waals surface area contributed by atoms with E-state index in [2.05, 4.69) is 11.9 Å². The summed E-state index contributed by atoms with van der Waals surface area (Å²) in [5, 5.41) is 2.68. The quantitative estimate of drug-likeness (QED) is 0.348. The number of rotatable bonds is 11. The van der Waals surface area contributed by atoms with E-state index in [1.54, 1.807) is 55.7 Å². The number of methoxy groups -OCH3 is 2. The molecule has 0 aliphatic heterocycles. The molecule has 7 heteroatoms. The number of amides is 1. The molecule has 0 aliphatic carbocycles. The molecular formula is C23H25NO6. The Morgan fingerprint density at radius 1 is 1.03 bits per heavy atom. The van der Waals surface area contributed by atoms with Gasteiger partial charge in [0.15, 0.2) is 18.1 Å². The minimum absolute atomic E-state index is 0.271. The molecule has 2 aromatic rings. The molecule has 0 heterocycles. The highest BCUT2D eigenvalue weighted by atomic mass is 16.5. The molecule has 0 unspecified atom stereocenters. The van der Waals surface area contributed by atoms with Crippen molar-refractivity contribution in [1.82, 2.24) is 5.32 Å². The van der Waals surface area contributed by atoms with Gasteiger partial charge in [0.1, 0.15) is 12.4 Å². The molecule has 0 bridgehead atoms. The summed E-state index contributed by atoms with van der Waals surface area (Å²) in [7, 11) is 3.09. The molecule has 0 saturated heterocycles. The van der Waals surface area contributed by atoms with Crippen molar-refractivity contribution in [2.45, 2.75) is 6.54 Å². The molecule has 7 nitrogen and oxygen atoms in total. The van der Waals surface area contributed by atoms with Crippen LogP contribution in [0.1, 0.15) is 11.1 Å². The van der Waals surface area contributed by atoms with Crippen LogP contribution in [0.15, 0.2) is 61.2 Å². The monoisotopic (exact) mass is 411 g/mol. The second kappa shape index (κ2) is 12.0. The molecule has 1 amide bonds. The van der Waals surface area contributed by atoms with E-state index >= 15 is 0 Å². The average Bonchev–Trinajstić information content (AvgIpc) is 2.79. The zero-order valence-electron chi connectivity index (χ0n) is 17.1. The van der Waals surface area contributed by atoms with Crippen LogP contribution < -0.4 is 19.5 Å². The van der Waals surface area contributed by atoms with Crippen molar-refractivity contribution in [3.63, 3.8) is 0 Å². The molecule has 0 saturated carbocycles. The van der Waals surface area contributed by atoms with E-state index in [0.29, 0.717) is 23.9 Å². The van der Waals surface area contributed by atoms with E-state index in [-0.39, 0.29) is 13.2 Å². The van der Waals surface area contributed by atoms with Gasteiger partial charge in [0, 0.05) is 12.6 Å². The summed E-state index contributed by atoms with van der Waals surface area (Å²) >= 11 is 0. The van der Waals surface area contributed by atoms with Crippen LogP contribution >= 0.6 is 0 Å². The molecule has 0 aromatic heterocycles. The van der Waals surface area contributed by atoms with Crippen molar-refractivity contribution in [2.24, 2.45) is 0 Å². The van der Waals surface area contributed by atoms with Gasteiger partial charge in [0.2, 0.25) is 0 Å². The molecular weight excluding hydrogens is 386 g/mol. The molecule has 2 aromatic carbocycles. The van der Waals surface area contributed by atoms with Crippen molar-refractivity contribution >= 4 is 18.0 Å². The standard InChI is InChI=1S/C23H25NO6/c1-4-13-29-19-9-5-17(6-10-19)8-12-23(26)30-16-22(25)24-15-18-7-11-20(27-2)21(14-18)28-3/h4-12,14H,1,13,15-16H2,2-3H3,(H,24,25)/b12-8+. The summed E-state index contributed by atoms with van der Waals surface area (Å²) in [6, 6.07) is 12.5. The second-order valence-corrected chi connectivity index (χ2v) is 6.08. The summed E-state index contributed by atoms with van der Waals surface area (Å²) in [6.45, 7) is 3.91. The first kappa shape index (κ1) is 22.5. The van der Waals surface area contributed by atoms with Crippen molar-refractivity contribution in [3.05, 3.63) is 72.3 Å². The van der Waals surface area contributed by atoms with Gasteiger partial charge in [-0.1, -0.05) is 30.9 Å². The Hall–Kier alpha value is -3.74. The highest BCUT2D eigenvalue weighted by molar-refractivity contribution is 5.89. The van der Waals surface area contributed by atoms with Gasteiger partial charge in [-0.2, -0.15) is 0 Å². The Kier molecular flexibility index (Phi) is 8.99. The van der Waals surface area contributed by atoms with Crippen molar-refractivity contribution in [1.29, 1.82) is 0 Å². The highest BCUT2D eigenvalue weighted by Gasteiger charge is 2.08. The lowest BCUT2D eigenvalue weighted by molar-refractivity contribution is -0.143. The topological polar surface area (TPSA) is 83.1 Å². The maximum Gasteiger partial charge on any atom is 0.331 e. The van der Waals surface area contributed by atoms with Crippen LogP contribution in [0.2, 0.25) is 0 Å². The minimum atomic E-state index is -0.608. The summed E-state index contributed by atoms with van der Waals surface area (Å²) in [4.78, 5) is 23.7. The Balaban J connectivity index is 1.75. The number of hydrogen-bond acceptors (Lipinski definition) is 6. The van der Waals surface area contributed by atoms with Gasteiger partial charge in [0.05, 0.1) is 14.2 Å². The van der Waals surface area contributed by atoms with Crippen LogP contribution in [0.4, 0.5) is 0 Å². The molecule has 2 rings (SSSR count). The molecule has 0 spiro atoms. The first-order chi connectivity index (χ1) is 14.5. The minimum Gasteiger partial charge on any atom is -0.493 e. The Bertz CT molecular complexity index is 889. The van der Waals surface area contributed by atoms with E-state index in [9.17, 15) is 9.59 Å². The van der Waals surface area contributed by atoms with Gasteiger partial charge in [-0.05, 0) is 41.5 Å². The fourth-order valence-electron chi connectivity index (χ4n) is 2.42. The van der Waals surface area contributed by atoms with Gasteiger partial charge in [-0.15, -0.1) is 0 Å². The largest absolute Gasteiger partial charge is 0.493 e. The number of carbonyl (C=O) groups excluding carboxylic acids is 2. The first-order valence-corrected chi connectivity index (χ1v) is 9.22. The van der Waals surface area contributed by atoms with E-state index < -0.39 is 11.9 Å². The lowest BCUT2D eigenvalue weighted by Gasteiger charge is -2.10. The molecule has 0 aliphatic rings. The van der Waals surface area contributed by atoms with Gasteiger partial charge in [0.25, 0.3) is 5.91 Å². The van der Waals surface area contributed by atoms with Gasteiger partial charge >= 0.3 is 5.97 Å². The third-order valence-electron chi connectivity index (χ3n) is 3.94. The normalized spacial score (nSPS) is 10.3. The van der Waals surface area contributed by atoms with E-state index in [1.807, 2.05) is 6.07 Å². The third-order valence-corrected chi connectivity index (χ3v) is 3.94. The van der Waals surface area contributed by atoms with E-state index in [1.165, 1.54) is 13.2 Å². The summed E-state index contributed by atoms with van der Waals surface area (Å²) in [6.07, 6.45) is 4.52. The number of nitrogens with one attached hydrogen (secondary N) is 1. The fraction of sp³-hybridized carbons (Fsp3) is 0.217. The van der Waals surface area contributed by atoms with Crippen molar-refractivity contribution in [2.75, 3.05) is 27.4 Å². The highest BCUT2D eigenvalue weighted by Crippen LogP contribution is 2.27. The maximum absolute atomic E-state index is 11.9. The Labute approximate surface area is 175 Å². The summed E-state index contributed by atoms with van der Waals surface area (Å²) in [5.41, 5.74) is 1.63. The van der Waals surface area contributed by atoms with Crippen LogP contribution in [0.3, 0.4) is 0 Å². The van der Waals surface area contributed by atoms with Crippen LogP contribution in [0.5, 0.6) is 17.2 Å². The number of carbonyl (C=O) groups is 2.